The van der Waals surface area contributed by atoms with Gasteiger partial charge in [0.2, 0.25) is 0 Å². The van der Waals surface area contributed by atoms with Gasteiger partial charge >= 0.3 is 6.09 Å². The normalized spacial score (nSPS) is 17.7. The fraction of sp³-hybridized carbons (Fsp3) is 0.312. The first kappa shape index (κ1) is 16.6. The maximum Gasteiger partial charge on any atom is 0.407 e. The van der Waals surface area contributed by atoms with Gasteiger partial charge in [-0.25, -0.2) is 9.78 Å². The van der Waals surface area contributed by atoms with Gasteiger partial charge < -0.3 is 31.6 Å². The molecule has 1 aliphatic rings. The highest BCUT2D eigenvalue weighted by Crippen LogP contribution is 2.32. The summed E-state index contributed by atoms with van der Waals surface area (Å²) in [6.45, 7) is 0.868. The second-order valence-electron chi connectivity index (χ2n) is 5.79. The minimum Gasteiger partial charge on any atom is -0.496 e. The van der Waals surface area contributed by atoms with Crippen molar-refractivity contribution in [1.82, 2.24) is 9.88 Å². The molecule has 0 saturated carbocycles. The van der Waals surface area contributed by atoms with E-state index in [2.05, 4.69) is 15.4 Å². The van der Waals surface area contributed by atoms with E-state index >= 15 is 0 Å². The largest absolute Gasteiger partial charge is 0.496 e. The van der Waals surface area contributed by atoms with Crippen LogP contribution in [0.25, 0.3) is 10.8 Å². The van der Waals surface area contributed by atoms with Gasteiger partial charge in [0.1, 0.15) is 17.3 Å². The van der Waals surface area contributed by atoms with E-state index in [1.165, 1.54) is 4.90 Å². The monoisotopic (exact) mass is 344 g/mol. The van der Waals surface area contributed by atoms with Crippen LogP contribution in [-0.4, -0.2) is 53.2 Å². The Morgan fingerprint density at radius 3 is 2.96 bits per heavy atom. The molecule has 9 nitrogen and oxygen atoms in total. The zero-order valence-electron chi connectivity index (χ0n) is 13.8. The van der Waals surface area contributed by atoms with Crippen LogP contribution in [0.3, 0.4) is 0 Å². The van der Waals surface area contributed by atoms with Gasteiger partial charge in [0.05, 0.1) is 12.5 Å². The summed E-state index contributed by atoms with van der Waals surface area (Å²) in [6, 6.07) is 7.35. The summed E-state index contributed by atoms with van der Waals surface area (Å²) in [5, 5.41) is 17.6. The number of hydrazone groups is 1. The van der Waals surface area contributed by atoms with Gasteiger partial charge in [-0.05, 0) is 23.9 Å². The number of likely N-dealkylation sites (tertiary alicyclic amines) is 1. The molecule has 6 N–H and O–H groups in total. The molecule has 1 atom stereocenters. The van der Waals surface area contributed by atoms with Crippen LogP contribution in [0, 0.1) is 0 Å². The number of carboxylic acid groups (broad SMARTS) is 1. The van der Waals surface area contributed by atoms with Crippen molar-refractivity contribution in [3.05, 3.63) is 30.0 Å². The number of ether oxygens (including phenoxy) is 1. The number of aromatic nitrogens is 1. The number of rotatable bonds is 4. The standard InChI is InChI=1S/C16H20N6O3/c1-25-12-4-2-3-9-7-11(14(17)21-18)20-15(13(9)12)19-10-5-6-22(8-10)16(23)24/h2-4,7,10H,5-6,8,18H2,1H3,(H2,17,21)(H,19,20)(H,23,24). The molecule has 1 amide bonds. The van der Waals surface area contributed by atoms with Crippen LogP contribution in [0.15, 0.2) is 29.4 Å². The third-order valence-corrected chi connectivity index (χ3v) is 4.24. The first-order chi connectivity index (χ1) is 12.0. The molecule has 0 radical (unpaired) electrons. The van der Waals surface area contributed by atoms with Gasteiger partial charge in [-0.3, -0.25) is 0 Å². The highest BCUT2D eigenvalue weighted by Gasteiger charge is 2.27. The lowest BCUT2D eigenvalue weighted by Crippen LogP contribution is -2.30. The Morgan fingerprint density at radius 2 is 2.32 bits per heavy atom. The SMILES string of the molecule is COc1cccc2cc(C(N)=NN)nc(NC3CCN(C(=O)O)C3)c12. The molecule has 1 saturated heterocycles. The smallest absolute Gasteiger partial charge is 0.407 e. The molecule has 2 aromatic rings. The molecule has 2 heterocycles. The highest BCUT2D eigenvalue weighted by molar-refractivity contribution is 6.04. The molecular formula is C16H20N6O3. The number of nitrogens with zero attached hydrogens (tertiary/aromatic N) is 3. The molecule has 1 aromatic carbocycles. The van der Waals surface area contributed by atoms with E-state index in [-0.39, 0.29) is 11.9 Å². The van der Waals surface area contributed by atoms with Gasteiger partial charge in [0.25, 0.3) is 0 Å². The molecule has 1 fully saturated rings. The number of amides is 1. The Hall–Kier alpha value is -3.23. The maximum atomic E-state index is 11.1. The molecule has 0 spiro atoms. The second-order valence-corrected chi connectivity index (χ2v) is 5.79. The van der Waals surface area contributed by atoms with E-state index in [4.69, 9.17) is 21.4 Å². The Kier molecular flexibility index (Phi) is 4.46. The maximum absolute atomic E-state index is 11.1. The van der Waals surface area contributed by atoms with Crippen molar-refractivity contribution in [2.75, 3.05) is 25.5 Å². The fourth-order valence-corrected chi connectivity index (χ4v) is 2.99. The van der Waals surface area contributed by atoms with Gasteiger partial charge in [-0.1, -0.05) is 12.1 Å². The lowest BCUT2D eigenvalue weighted by Gasteiger charge is -2.18. The van der Waals surface area contributed by atoms with Crippen LogP contribution in [0.4, 0.5) is 10.6 Å². The average Bonchev–Trinajstić information content (AvgIpc) is 3.09. The van der Waals surface area contributed by atoms with E-state index in [9.17, 15) is 4.79 Å². The number of hydrogen-bond acceptors (Lipinski definition) is 6. The predicted octanol–water partition coefficient (Wildman–Crippen LogP) is 0.987. The summed E-state index contributed by atoms with van der Waals surface area (Å²) >= 11 is 0. The molecule has 132 valence electrons. The summed E-state index contributed by atoms with van der Waals surface area (Å²) < 4.78 is 5.45. The van der Waals surface area contributed by atoms with E-state index in [1.807, 2.05) is 18.2 Å². The minimum atomic E-state index is -0.923. The summed E-state index contributed by atoms with van der Waals surface area (Å²) in [5.74, 6) is 6.62. The van der Waals surface area contributed by atoms with E-state index in [1.54, 1.807) is 13.2 Å². The van der Waals surface area contributed by atoms with E-state index in [0.717, 1.165) is 10.8 Å². The number of anilines is 1. The number of carbonyl (C=O) groups is 1. The number of nitrogens with two attached hydrogens (primary N) is 2. The van der Waals surface area contributed by atoms with Crippen LogP contribution < -0.4 is 21.6 Å². The molecule has 9 heteroatoms. The van der Waals surface area contributed by atoms with Crippen molar-refractivity contribution in [1.29, 1.82) is 0 Å². The fourth-order valence-electron chi connectivity index (χ4n) is 2.99. The first-order valence-corrected chi connectivity index (χ1v) is 7.79. The number of pyridine rings is 1. The van der Waals surface area contributed by atoms with Crippen molar-refractivity contribution in [2.24, 2.45) is 16.7 Å². The van der Waals surface area contributed by atoms with E-state index < -0.39 is 6.09 Å². The van der Waals surface area contributed by atoms with Crippen molar-refractivity contribution in [2.45, 2.75) is 12.5 Å². The average molecular weight is 344 g/mol. The van der Waals surface area contributed by atoms with Crippen LogP contribution >= 0.6 is 0 Å². The summed E-state index contributed by atoms with van der Waals surface area (Å²) in [6.07, 6.45) is -0.233. The molecule has 1 aromatic heterocycles. The summed E-state index contributed by atoms with van der Waals surface area (Å²) in [5.41, 5.74) is 6.26. The molecule has 25 heavy (non-hydrogen) atoms. The lowest BCUT2D eigenvalue weighted by atomic mass is 10.1. The molecule has 0 aliphatic carbocycles. The van der Waals surface area contributed by atoms with Crippen LogP contribution in [0.5, 0.6) is 5.75 Å². The molecule has 0 bridgehead atoms. The van der Waals surface area contributed by atoms with Gasteiger partial charge in [-0.15, -0.1) is 0 Å². The van der Waals surface area contributed by atoms with Crippen LogP contribution in [-0.2, 0) is 0 Å². The molecule has 3 rings (SSSR count). The van der Waals surface area contributed by atoms with Gasteiger partial charge in [0, 0.05) is 19.1 Å². The third kappa shape index (κ3) is 3.21. The highest BCUT2D eigenvalue weighted by atomic mass is 16.5. The predicted molar refractivity (Wildman–Crippen MR) is 94.8 cm³/mol. The number of hydrogen-bond donors (Lipinski definition) is 4. The number of nitrogens with one attached hydrogen (secondary N) is 1. The third-order valence-electron chi connectivity index (χ3n) is 4.24. The van der Waals surface area contributed by atoms with Gasteiger partial charge in [0.15, 0.2) is 5.84 Å². The first-order valence-electron chi connectivity index (χ1n) is 7.79. The minimum absolute atomic E-state index is 0.0528. The number of fused-ring (bicyclic) bond motifs is 1. The topological polar surface area (TPSA) is 139 Å². The van der Waals surface area contributed by atoms with Gasteiger partial charge in [-0.2, -0.15) is 5.10 Å². The summed E-state index contributed by atoms with van der Waals surface area (Å²) in [4.78, 5) is 17.0. The Balaban J connectivity index is 2.03. The zero-order valence-corrected chi connectivity index (χ0v) is 13.8. The Labute approximate surface area is 144 Å². The molecule has 1 unspecified atom stereocenters. The van der Waals surface area contributed by atoms with E-state index in [0.29, 0.717) is 36.8 Å². The Bertz CT molecular complexity index is 838. The molecular weight excluding hydrogens is 324 g/mol. The molecule has 1 aliphatic heterocycles. The van der Waals surface area contributed by atoms with Crippen molar-refractivity contribution < 1.29 is 14.6 Å². The number of benzene rings is 1. The van der Waals surface area contributed by atoms with Crippen molar-refractivity contribution >= 4 is 28.5 Å². The number of methoxy groups -OCH3 is 1. The summed E-state index contributed by atoms with van der Waals surface area (Å²) in [7, 11) is 1.59. The van der Waals surface area contributed by atoms with Crippen LogP contribution in [0.2, 0.25) is 0 Å². The lowest BCUT2D eigenvalue weighted by molar-refractivity contribution is 0.155. The Morgan fingerprint density at radius 1 is 1.52 bits per heavy atom. The van der Waals surface area contributed by atoms with Crippen LogP contribution in [0.1, 0.15) is 12.1 Å². The van der Waals surface area contributed by atoms with Crippen molar-refractivity contribution in [3.8, 4) is 5.75 Å². The zero-order chi connectivity index (χ0) is 18.0. The quantitative estimate of drug-likeness (QED) is 0.281. The second kappa shape index (κ2) is 6.71. The number of amidine groups is 1. The van der Waals surface area contributed by atoms with Crippen molar-refractivity contribution in [3.63, 3.8) is 0 Å².